The Hall–Kier alpha value is -2.00. The molecule has 0 spiro atoms. The lowest BCUT2D eigenvalue weighted by atomic mass is 10.2. The van der Waals surface area contributed by atoms with Crippen molar-refractivity contribution in [3.8, 4) is 0 Å². The summed E-state index contributed by atoms with van der Waals surface area (Å²) in [6.07, 6.45) is 1.19. The Morgan fingerprint density at radius 2 is 2.35 bits per heavy atom. The minimum Gasteiger partial charge on any atom is -0.408 e. The zero-order chi connectivity index (χ0) is 15.8. The van der Waals surface area contributed by atoms with Gasteiger partial charge in [0.25, 0.3) is 0 Å². The van der Waals surface area contributed by atoms with Gasteiger partial charge < -0.3 is 15.1 Å². The van der Waals surface area contributed by atoms with E-state index in [2.05, 4.69) is 41.7 Å². The van der Waals surface area contributed by atoms with Crippen LogP contribution in [0.4, 0.5) is 6.01 Å². The van der Waals surface area contributed by atoms with Gasteiger partial charge in [0.1, 0.15) is 11.0 Å². The quantitative estimate of drug-likeness (QED) is 0.706. The summed E-state index contributed by atoms with van der Waals surface area (Å²) in [5, 5.41) is 14.6. The molecule has 4 rings (SSSR count). The van der Waals surface area contributed by atoms with Crippen molar-refractivity contribution < 1.29 is 9.21 Å². The second-order valence-corrected chi connectivity index (χ2v) is 7.20. The molecule has 1 saturated heterocycles. The monoisotopic (exact) mass is 393 g/mol. The average Bonchev–Trinajstić information content (AvgIpc) is 3.21. The van der Waals surface area contributed by atoms with Crippen molar-refractivity contribution in [3.63, 3.8) is 0 Å². The molecular formula is C14H12BrN5O2S. The molecule has 1 amide bonds. The van der Waals surface area contributed by atoms with E-state index in [1.807, 2.05) is 18.2 Å². The van der Waals surface area contributed by atoms with E-state index in [4.69, 9.17) is 4.42 Å². The van der Waals surface area contributed by atoms with Crippen LogP contribution in [0.25, 0.3) is 10.2 Å². The number of amides is 1. The van der Waals surface area contributed by atoms with E-state index in [0.29, 0.717) is 25.3 Å². The lowest BCUT2D eigenvalue weighted by Gasteiger charge is -2.05. The summed E-state index contributed by atoms with van der Waals surface area (Å²) < 4.78 is 7.70. The molecule has 3 heterocycles. The number of benzene rings is 1. The number of hydrogen-bond acceptors (Lipinski definition) is 7. The highest BCUT2D eigenvalue weighted by atomic mass is 79.9. The molecule has 1 aliphatic rings. The second-order valence-electron chi connectivity index (χ2n) is 5.17. The van der Waals surface area contributed by atoms with Crippen LogP contribution in [0.5, 0.6) is 0 Å². The first-order chi connectivity index (χ1) is 11.2. The number of rotatable bonds is 4. The number of nitrogens with zero attached hydrogens (tertiary/aromatic N) is 3. The SMILES string of the molecule is O=C1NCC[C@@H]1Nc1nnc(Cc2nc3ccc(Br)cc3s2)o1. The van der Waals surface area contributed by atoms with Gasteiger partial charge in [0.15, 0.2) is 0 Å². The van der Waals surface area contributed by atoms with Gasteiger partial charge in [-0.05, 0) is 24.6 Å². The summed E-state index contributed by atoms with van der Waals surface area (Å²) in [6, 6.07) is 5.94. The topological polar surface area (TPSA) is 92.9 Å². The lowest BCUT2D eigenvalue weighted by Crippen LogP contribution is -2.29. The molecule has 0 aliphatic carbocycles. The van der Waals surface area contributed by atoms with E-state index < -0.39 is 0 Å². The highest BCUT2D eigenvalue weighted by Crippen LogP contribution is 2.27. The molecule has 1 fully saturated rings. The van der Waals surface area contributed by atoms with E-state index in [-0.39, 0.29) is 18.0 Å². The third-order valence-electron chi connectivity index (χ3n) is 3.51. The van der Waals surface area contributed by atoms with Gasteiger partial charge in [-0.2, -0.15) is 0 Å². The number of halogens is 1. The van der Waals surface area contributed by atoms with E-state index in [9.17, 15) is 4.79 Å². The van der Waals surface area contributed by atoms with Crippen molar-refractivity contribution in [2.75, 3.05) is 11.9 Å². The number of anilines is 1. The fourth-order valence-corrected chi connectivity index (χ4v) is 3.93. The maximum Gasteiger partial charge on any atom is 0.316 e. The fraction of sp³-hybridized carbons (Fsp3) is 0.286. The molecule has 1 atom stereocenters. The maximum absolute atomic E-state index is 11.5. The molecule has 1 aromatic carbocycles. The molecule has 23 heavy (non-hydrogen) atoms. The second kappa shape index (κ2) is 5.89. The molecule has 0 saturated carbocycles. The number of fused-ring (bicyclic) bond motifs is 1. The van der Waals surface area contributed by atoms with Crippen LogP contribution in [-0.4, -0.2) is 33.7 Å². The smallest absolute Gasteiger partial charge is 0.316 e. The summed E-state index contributed by atoms with van der Waals surface area (Å²) in [7, 11) is 0. The van der Waals surface area contributed by atoms with Crippen molar-refractivity contribution in [1.29, 1.82) is 0 Å². The Balaban J connectivity index is 1.48. The van der Waals surface area contributed by atoms with Gasteiger partial charge in [0.05, 0.1) is 16.6 Å². The predicted molar refractivity (Wildman–Crippen MR) is 89.5 cm³/mol. The molecule has 0 unspecified atom stereocenters. The summed E-state index contributed by atoms with van der Waals surface area (Å²) in [4.78, 5) is 16.1. The number of nitrogens with one attached hydrogen (secondary N) is 2. The third-order valence-corrected chi connectivity index (χ3v) is 5.02. The normalized spacial score (nSPS) is 17.6. The van der Waals surface area contributed by atoms with Gasteiger partial charge in [0, 0.05) is 11.0 Å². The Bertz CT molecular complexity index is 877. The first-order valence-electron chi connectivity index (χ1n) is 7.09. The average molecular weight is 394 g/mol. The number of carbonyl (C=O) groups is 1. The minimum atomic E-state index is -0.303. The first-order valence-corrected chi connectivity index (χ1v) is 8.70. The third kappa shape index (κ3) is 3.06. The molecule has 0 radical (unpaired) electrons. The zero-order valence-corrected chi connectivity index (χ0v) is 14.3. The van der Waals surface area contributed by atoms with Crippen molar-refractivity contribution in [3.05, 3.63) is 33.6 Å². The van der Waals surface area contributed by atoms with Crippen molar-refractivity contribution in [2.45, 2.75) is 18.9 Å². The fourth-order valence-electron chi connectivity index (χ4n) is 2.42. The van der Waals surface area contributed by atoms with E-state index in [1.165, 1.54) is 0 Å². The molecule has 3 aromatic rings. The molecular weight excluding hydrogens is 382 g/mol. The maximum atomic E-state index is 11.5. The Labute approximate surface area is 143 Å². The Morgan fingerprint density at radius 3 is 3.17 bits per heavy atom. The van der Waals surface area contributed by atoms with E-state index in [0.717, 1.165) is 19.7 Å². The predicted octanol–water partition coefficient (Wildman–Crippen LogP) is 2.33. The lowest BCUT2D eigenvalue weighted by molar-refractivity contribution is -0.119. The number of carbonyl (C=O) groups excluding carboxylic acids is 1. The van der Waals surface area contributed by atoms with Crippen LogP contribution >= 0.6 is 27.3 Å². The first kappa shape index (κ1) is 14.6. The summed E-state index contributed by atoms with van der Waals surface area (Å²) in [5.74, 6) is 0.436. The summed E-state index contributed by atoms with van der Waals surface area (Å²) >= 11 is 5.05. The van der Waals surface area contributed by atoms with Gasteiger partial charge in [-0.3, -0.25) is 4.79 Å². The van der Waals surface area contributed by atoms with Crippen LogP contribution in [-0.2, 0) is 11.2 Å². The molecule has 1 aliphatic heterocycles. The van der Waals surface area contributed by atoms with Gasteiger partial charge in [-0.1, -0.05) is 21.0 Å². The van der Waals surface area contributed by atoms with Crippen molar-refractivity contribution in [1.82, 2.24) is 20.5 Å². The number of hydrogen-bond donors (Lipinski definition) is 2. The summed E-state index contributed by atoms with van der Waals surface area (Å²) in [6.45, 7) is 0.665. The van der Waals surface area contributed by atoms with Crippen molar-refractivity contribution >= 4 is 49.4 Å². The Kier molecular flexibility index (Phi) is 3.74. The van der Waals surface area contributed by atoms with Gasteiger partial charge in [-0.25, -0.2) is 4.98 Å². The number of thiazole rings is 1. The molecule has 0 bridgehead atoms. The van der Waals surface area contributed by atoms with Crippen LogP contribution in [0.3, 0.4) is 0 Å². The van der Waals surface area contributed by atoms with Crippen molar-refractivity contribution in [2.24, 2.45) is 0 Å². The molecule has 7 nitrogen and oxygen atoms in total. The van der Waals surface area contributed by atoms with Gasteiger partial charge >= 0.3 is 6.01 Å². The molecule has 118 valence electrons. The van der Waals surface area contributed by atoms with Gasteiger partial charge in [0.2, 0.25) is 11.8 Å². The zero-order valence-electron chi connectivity index (χ0n) is 11.9. The highest BCUT2D eigenvalue weighted by Gasteiger charge is 2.25. The molecule has 9 heteroatoms. The minimum absolute atomic E-state index is 0.0403. The summed E-state index contributed by atoms with van der Waals surface area (Å²) in [5.41, 5.74) is 0.952. The van der Waals surface area contributed by atoms with Gasteiger partial charge in [-0.15, -0.1) is 16.4 Å². The molecule has 2 N–H and O–H groups in total. The largest absolute Gasteiger partial charge is 0.408 e. The van der Waals surface area contributed by atoms with Crippen LogP contribution in [0.15, 0.2) is 27.1 Å². The van der Waals surface area contributed by atoms with E-state index in [1.54, 1.807) is 11.3 Å². The van der Waals surface area contributed by atoms with Crippen LogP contribution in [0.2, 0.25) is 0 Å². The standard InChI is InChI=1S/C14H12BrN5O2S/c15-7-1-2-8-10(5-7)23-12(17-8)6-11-19-20-14(22-11)18-9-3-4-16-13(9)21/h1-2,5,9H,3-4,6H2,(H,16,21)(H,18,20)/t9-/m0/s1. The van der Waals surface area contributed by atoms with Crippen LogP contribution in [0.1, 0.15) is 17.3 Å². The molecule has 2 aromatic heterocycles. The van der Waals surface area contributed by atoms with Crippen LogP contribution in [0, 0.1) is 0 Å². The number of aromatic nitrogens is 3. The highest BCUT2D eigenvalue weighted by molar-refractivity contribution is 9.10. The Morgan fingerprint density at radius 1 is 1.43 bits per heavy atom. The van der Waals surface area contributed by atoms with E-state index >= 15 is 0 Å². The van der Waals surface area contributed by atoms with Crippen LogP contribution < -0.4 is 10.6 Å².